The average molecular weight is 193 g/mol. The summed E-state index contributed by atoms with van der Waals surface area (Å²) in [6.07, 6.45) is 4.08. The Morgan fingerprint density at radius 1 is 1.50 bits per heavy atom. The molecule has 4 heteroatoms. The maximum Gasteiger partial charge on any atom is 0.220 e. The van der Waals surface area contributed by atoms with Gasteiger partial charge < -0.3 is 10.1 Å². The molecule has 4 nitrogen and oxygen atoms in total. The number of hydrogen-bond donors (Lipinski definition) is 1. The summed E-state index contributed by atoms with van der Waals surface area (Å²) in [6, 6.07) is 0. The minimum atomic E-state index is 0.634. The number of ether oxygens (including phenoxy) is 1. The van der Waals surface area contributed by atoms with Gasteiger partial charge >= 0.3 is 0 Å². The number of hydrogen-bond acceptors (Lipinski definition) is 4. The summed E-state index contributed by atoms with van der Waals surface area (Å²) in [7, 11) is 3.57. The van der Waals surface area contributed by atoms with Gasteiger partial charge in [0, 0.05) is 18.0 Å². The van der Waals surface area contributed by atoms with E-state index in [9.17, 15) is 0 Å². The van der Waals surface area contributed by atoms with Crippen LogP contribution in [0.4, 0.5) is 0 Å². The van der Waals surface area contributed by atoms with Gasteiger partial charge in [-0.3, -0.25) is 0 Å². The largest absolute Gasteiger partial charge is 0.481 e. The summed E-state index contributed by atoms with van der Waals surface area (Å²) in [5.74, 6) is 1.34. The minimum Gasteiger partial charge on any atom is -0.481 e. The second kappa shape index (κ2) is 3.92. The number of rotatable bonds is 4. The van der Waals surface area contributed by atoms with Gasteiger partial charge in [0.15, 0.2) is 0 Å². The first-order valence-electron chi connectivity index (χ1n) is 4.89. The monoisotopic (exact) mass is 193 g/mol. The molecule has 1 N–H and O–H groups in total. The third-order valence-corrected chi connectivity index (χ3v) is 2.45. The van der Waals surface area contributed by atoms with Crippen LogP contribution in [-0.2, 0) is 6.54 Å². The molecular formula is C10H15N3O. The first-order chi connectivity index (χ1) is 6.86. The fourth-order valence-corrected chi connectivity index (χ4v) is 1.64. The summed E-state index contributed by atoms with van der Waals surface area (Å²) in [6.45, 7) is 0.774. The van der Waals surface area contributed by atoms with Crippen LogP contribution < -0.4 is 10.1 Å². The molecule has 0 amide bonds. The lowest BCUT2D eigenvalue weighted by Gasteiger charge is -2.10. The fraction of sp³-hybridized carbons (Fsp3) is 0.600. The van der Waals surface area contributed by atoms with Gasteiger partial charge in [0.2, 0.25) is 5.88 Å². The number of aromatic nitrogens is 2. The molecule has 0 spiro atoms. The molecule has 1 saturated carbocycles. The number of methoxy groups -OCH3 is 1. The van der Waals surface area contributed by atoms with Gasteiger partial charge in [-0.05, 0) is 19.9 Å². The van der Waals surface area contributed by atoms with Crippen LogP contribution in [0.15, 0.2) is 6.33 Å². The first-order valence-corrected chi connectivity index (χ1v) is 4.89. The maximum absolute atomic E-state index is 5.23. The predicted octanol–water partition coefficient (Wildman–Crippen LogP) is 1.08. The molecule has 1 aromatic heterocycles. The van der Waals surface area contributed by atoms with Gasteiger partial charge in [-0.1, -0.05) is 0 Å². The van der Waals surface area contributed by atoms with Crippen molar-refractivity contribution in [2.24, 2.45) is 0 Å². The smallest absolute Gasteiger partial charge is 0.220 e. The van der Waals surface area contributed by atoms with E-state index in [0.29, 0.717) is 11.8 Å². The average Bonchev–Trinajstić information content (AvgIpc) is 3.02. The van der Waals surface area contributed by atoms with E-state index in [1.807, 2.05) is 7.05 Å². The molecule has 0 saturated heterocycles. The Morgan fingerprint density at radius 3 is 2.86 bits per heavy atom. The van der Waals surface area contributed by atoms with Gasteiger partial charge in [0.05, 0.1) is 12.8 Å². The first kappa shape index (κ1) is 9.40. The molecular weight excluding hydrogens is 178 g/mol. The van der Waals surface area contributed by atoms with Crippen LogP contribution in [0, 0.1) is 0 Å². The Morgan fingerprint density at radius 2 is 2.29 bits per heavy atom. The van der Waals surface area contributed by atoms with Crippen LogP contribution in [0.2, 0.25) is 0 Å². The molecule has 1 aliphatic carbocycles. The zero-order valence-electron chi connectivity index (χ0n) is 8.58. The number of nitrogens with one attached hydrogen (secondary N) is 1. The van der Waals surface area contributed by atoms with Crippen molar-refractivity contribution in [3.8, 4) is 5.88 Å². The molecule has 76 valence electrons. The van der Waals surface area contributed by atoms with Crippen LogP contribution in [0.25, 0.3) is 0 Å². The zero-order chi connectivity index (χ0) is 9.97. The van der Waals surface area contributed by atoms with Gasteiger partial charge in [0.1, 0.15) is 6.33 Å². The van der Waals surface area contributed by atoms with Gasteiger partial charge in [-0.2, -0.15) is 0 Å². The molecule has 14 heavy (non-hydrogen) atoms. The van der Waals surface area contributed by atoms with E-state index in [0.717, 1.165) is 17.8 Å². The standard InChI is InChI=1S/C10H15N3O/c1-11-5-8-9(7-3-4-7)12-6-13-10(8)14-2/h6-7,11H,3-5H2,1-2H3. The molecule has 2 rings (SSSR count). The van der Waals surface area contributed by atoms with Gasteiger partial charge in [-0.15, -0.1) is 0 Å². The molecule has 0 unspecified atom stereocenters. The Labute approximate surface area is 83.7 Å². The predicted molar refractivity (Wildman–Crippen MR) is 53.3 cm³/mol. The van der Waals surface area contributed by atoms with Crippen molar-refractivity contribution in [3.05, 3.63) is 17.6 Å². The Bertz CT molecular complexity index is 323. The van der Waals surface area contributed by atoms with Crippen LogP contribution in [0.5, 0.6) is 5.88 Å². The third-order valence-electron chi connectivity index (χ3n) is 2.45. The van der Waals surface area contributed by atoms with E-state index in [4.69, 9.17) is 4.74 Å². The van der Waals surface area contributed by atoms with Crippen molar-refractivity contribution in [2.75, 3.05) is 14.2 Å². The second-order valence-corrected chi connectivity index (χ2v) is 3.55. The number of nitrogens with zero attached hydrogens (tertiary/aromatic N) is 2. The summed E-state index contributed by atoms with van der Waals surface area (Å²) < 4.78 is 5.23. The molecule has 0 aliphatic heterocycles. The molecule has 1 aromatic rings. The normalized spacial score (nSPS) is 15.6. The second-order valence-electron chi connectivity index (χ2n) is 3.55. The lowest BCUT2D eigenvalue weighted by Crippen LogP contribution is -2.11. The zero-order valence-corrected chi connectivity index (χ0v) is 8.58. The molecule has 0 bridgehead atoms. The van der Waals surface area contributed by atoms with E-state index in [1.54, 1.807) is 13.4 Å². The lowest BCUT2D eigenvalue weighted by atomic mass is 10.1. The Balaban J connectivity index is 2.36. The van der Waals surface area contributed by atoms with Crippen molar-refractivity contribution < 1.29 is 4.74 Å². The van der Waals surface area contributed by atoms with Crippen molar-refractivity contribution >= 4 is 0 Å². The van der Waals surface area contributed by atoms with Crippen molar-refractivity contribution in [3.63, 3.8) is 0 Å². The van der Waals surface area contributed by atoms with Gasteiger partial charge in [0.25, 0.3) is 0 Å². The van der Waals surface area contributed by atoms with E-state index in [2.05, 4.69) is 15.3 Å². The molecule has 1 heterocycles. The minimum absolute atomic E-state index is 0.634. The van der Waals surface area contributed by atoms with E-state index >= 15 is 0 Å². The molecule has 1 aliphatic rings. The van der Waals surface area contributed by atoms with Crippen molar-refractivity contribution in [1.82, 2.24) is 15.3 Å². The summed E-state index contributed by atoms with van der Waals surface area (Å²) in [4.78, 5) is 8.45. The summed E-state index contributed by atoms with van der Waals surface area (Å²) >= 11 is 0. The Hall–Kier alpha value is -1.16. The third kappa shape index (κ3) is 1.70. The van der Waals surface area contributed by atoms with E-state index in [1.165, 1.54) is 12.8 Å². The Kier molecular flexibility index (Phi) is 2.63. The molecule has 0 aromatic carbocycles. The SMILES string of the molecule is CNCc1c(OC)ncnc1C1CC1. The lowest BCUT2D eigenvalue weighted by molar-refractivity contribution is 0.388. The van der Waals surface area contributed by atoms with Gasteiger partial charge in [-0.25, -0.2) is 9.97 Å². The molecule has 1 fully saturated rings. The highest BCUT2D eigenvalue weighted by molar-refractivity contribution is 5.34. The van der Waals surface area contributed by atoms with Crippen molar-refractivity contribution in [2.45, 2.75) is 25.3 Å². The highest BCUT2D eigenvalue weighted by Gasteiger charge is 2.29. The van der Waals surface area contributed by atoms with Crippen LogP contribution in [0.3, 0.4) is 0 Å². The quantitative estimate of drug-likeness (QED) is 0.777. The van der Waals surface area contributed by atoms with Crippen LogP contribution >= 0.6 is 0 Å². The maximum atomic E-state index is 5.23. The van der Waals surface area contributed by atoms with E-state index < -0.39 is 0 Å². The fourth-order valence-electron chi connectivity index (χ4n) is 1.64. The molecule has 0 atom stereocenters. The highest BCUT2D eigenvalue weighted by Crippen LogP contribution is 2.41. The van der Waals surface area contributed by atoms with Crippen molar-refractivity contribution in [1.29, 1.82) is 0 Å². The molecule has 0 radical (unpaired) electrons. The van der Waals surface area contributed by atoms with Crippen LogP contribution in [0.1, 0.15) is 30.0 Å². The topological polar surface area (TPSA) is 47.0 Å². The van der Waals surface area contributed by atoms with Crippen LogP contribution in [-0.4, -0.2) is 24.1 Å². The summed E-state index contributed by atoms with van der Waals surface area (Å²) in [5.41, 5.74) is 2.27. The summed E-state index contributed by atoms with van der Waals surface area (Å²) in [5, 5.41) is 3.12. The highest BCUT2D eigenvalue weighted by atomic mass is 16.5. The van der Waals surface area contributed by atoms with E-state index in [-0.39, 0.29) is 0 Å².